The van der Waals surface area contributed by atoms with E-state index in [4.69, 9.17) is 4.74 Å². The maximum Gasteiger partial charge on any atom is 0.344 e. The van der Waals surface area contributed by atoms with Crippen LogP contribution in [0.1, 0.15) is 47.8 Å². The molecule has 0 saturated heterocycles. The van der Waals surface area contributed by atoms with Gasteiger partial charge in [-0.3, -0.25) is 9.52 Å². The van der Waals surface area contributed by atoms with Crippen LogP contribution in [0.3, 0.4) is 0 Å². The number of benzene rings is 2. The molecule has 0 atom stereocenters. The molecule has 0 saturated carbocycles. The van der Waals surface area contributed by atoms with Gasteiger partial charge >= 0.3 is 5.97 Å². The lowest BCUT2D eigenvalue weighted by molar-refractivity contribution is 0.0717. The van der Waals surface area contributed by atoms with Gasteiger partial charge in [0.05, 0.1) is 11.8 Å². The maximum absolute atomic E-state index is 12.9. The fourth-order valence-electron chi connectivity index (χ4n) is 3.66. The molecule has 8 heteroatoms. The lowest BCUT2D eigenvalue weighted by Crippen LogP contribution is -2.14. The number of aromatic amines is 1. The van der Waals surface area contributed by atoms with Crippen molar-refractivity contribution in [1.82, 2.24) is 4.98 Å². The van der Waals surface area contributed by atoms with E-state index in [1.54, 1.807) is 48.7 Å². The second-order valence-corrected chi connectivity index (χ2v) is 10.8. The molecule has 33 heavy (non-hydrogen) atoms. The van der Waals surface area contributed by atoms with E-state index in [0.29, 0.717) is 33.7 Å². The van der Waals surface area contributed by atoms with Gasteiger partial charge in [0.15, 0.2) is 0 Å². The molecule has 0 aliphatic carbocycles. The van der Waals surface area contributed by atoms with Gasteiger partial charge in [-0.2, -0.15) is 0 Å². The summed E-state index contributed by atoms with van der Waals surface area (Å²) in [6.07, 6.45) is 4.35. The van der Waals surface area contributed by atoms with Gasteiger partial charge in [-0.05, 0) is 59.0 Å². The Labute approximate surface area is 192 Å². The molecule has 0 unspecified atom stereocenters. The van der Waals surface area contributed by atoms with Gasteiger partial charge in [0.1, 0.15) is 5.76 Å². The molecule has 1 aliphatic rings. The van der Waals surface area contributed by atoms with Gasteiger partial charge in [0.25, 0.3) is 5.56 Å². The molecule has 2 heterocycles. The SMILES string of the molecule is CC(C)(C)c1cc2c(c(-c3ccc[nH]c3=O)c1)C(=O)OC2=Cc1ccc(NS(C)(=O)=O)cc1. The zero-order valence-corrected chi connectivity index (χ0v) is 19.5. The number of aromatic nitrogens is 1. The second-order valence-electron chi connectivity index (χ2n) is 9.00. The highest BCUT2D eigenvalue weighted by molar-refractivity contribution is 7.92. The number of hydrogen-bond donors (Lipinski definition) is 2. The van der Waals surface area contributed by atoms with E-state index in [1.807, 2.05) is 12.1 Å². The van der Waals surface area contributed by atoms with E-state index in [0.717, 1.165) is 17.4 Å². The van der Waals surface area contributed by atoms with Crippen molar-refractivity contribution in [2.24, 2.45) is 0 Å². The standard InChI is InChI=1S/C25H24N2O5S/c1-25(2,3)16-13-19(18-6-5-11-26-23(18)28)22-20(14-16)21(32-24(22)29)12-15-7-9-17(10-8-15)27-33(4,30)31/h5-14,27H,1-4H3,(H,26,28). The minimum atomic E-state index is -3.38. The Morgan fingerprint density at radius 1 is 0.970 bits per heavy atom. The smallest absolute Gasteiger partial charge is 0.344 e. The number of sulfonamides is 1. The molecule has 0 spiro atoms. The summed E-state index contributed by atoms with van der Waals surface area (Å²) in [5.41, 5.74) is 3.48. The Bertz CT molecular complexity index is 1440. The highest BCUT2D eigenvalue weighted by Gasteiger charge is 2.33. The number of H-pyrrole nitrogens is 1. The van der Waals surface area contributed by atoms with E-state index in [-0.39, 0.29) is 11.0 Å². The van der Waals surface area contributed by atoms with E-state index in [2.05, 4.69) is 30.5 Å². The van der Waals surface area contributed by atoms with Crippen molar-refractivity contribution in [2.45, 2.75) is 26.2 Å². The number of carbonyl (C=O) groups is 1. The summed E-state index contributed by atoms with van der Waals surface area (Å²) >= 11 is 0. The zero-order valence-electron chi connectivity index (χ0n) is 18.7. The van der Waals surface area contributed by atoms with Gasteiger partial charge in [-0.1, -0.05) is 32.9 Å². The number of ether oxygens (including phenoxy) is 1. The molecule has 2 aromatic carbocycles. The number of nitrogens with one attached hydrogen (secondary N) is 2. The van der Waals surface area contributed by atoms with Crippen LogP contribution in [0.4, 0.5) is 5.69 Å². The van der Waals surface area contributed by atoms with Crippen molar-refractivity contribution in [1.29, 1.82) is 0 Å². The van der Waals surface area contributed by atoms with Crippen molar-refractivity contribution >= 4 is 33.5 Å². The third-order valence-corrected chi connectivity index (χ3v) is 5.90. The van der Waals surface area contributed by atoms with Crippen LogP contribution < -0.4 is 10.3 Å². The number of hydrogen-bond acceptors (Lipinski definition) is 5. The van der Waals surface area contributed by atoms with Gasteiger partial charge in [-0.15, -0.1) is 0 Å². The Hall–Kier alpha value is -3.65. The summed E-state index contributed by atoms with van der Waals surface area (Å²) in [6, 6.07) is 13.9. The van der Waals surface area contributed by atoms with Crippen molar-refractivity contribution in [2.75, 3.05) is 11.0 Å². The largest absolute Gasteiger partial charge is 0.422 e. The molecule has 4 rings (SSSR count). The number of pyridine rings is 1. The lowest BCUT2D eigenvalue weighted by Gasteiger charge is -2.21. The minimum Gasteiger partial charge on any atom is -0.422 e. The van der Waals surface area contributed by atoms with Crippen LogP contribution in [0.25, 0.3) is 23.0 Å². The summed E-state index contributed by atoms with van der Waals surface area (Å²) in [7, 11) is -3.38. The number of anilines is 1. The van der Waals surface area contributed by atoms with E-state index in [1.165, 1.54) is 0 Å². The first-order valence-electron chi connectivity index (χ1n) is 10.3. The van der Waals surface area contributed by atoms with Gasteiger partial charge in [-0.25, -0.2) is 13.2 Å². The number of esters is 1. The van der Waals surface area contributed by atoms with E-state index in [9.17, 15) is 18.0 Å². The molecule has 3 aromatic rings. The average Bonchev–Trinajstić information content (AvgIpc) is 3.03. The average molecular weight is 465 g/mol. The fraction of sp³-hybridized carbons (Fsp3) is 0.200. The molecule has 0 fully saturated rings. The molecule has 7 nitrogen and oxygen atoms in total. The molecule has 0 bridgehead atoms. The molecular weight excluding hydrogens is 440 g/mol. The molecule has 0 amide bonds. The van der Waals surface area contributed by atoms with E-state index >= 15 is 0 Å². The Kier molecular flexibility index (Phi) is 5.49. The van der Waals surface area contributed by atoms with Crippen LogP contribution in [0.15, 0.2) is 59.5 Å². The number of carbonyl (C=O) groups excluding carboxylic acids is 1. The zero-order chi connectivity index (χ0) is 24.0. The first-order valence-corrected chi connectivity index (χ1v) is 12.2. The third kappa shape index (κ3) is 4.75. The molecule has 2 N–H and O–H groups in total. The number of cyclic esters (lactones) is 1. The van der Waals surface area contributed by atoms with Crippen LogP contribution in [0, 0.1) is 0 Å². The van der Waals surface area contributed by atoms with Crippen LogP contribution in [-0.4, -0.2) is 25.6 Å². The molecule has 1 aromatic heterocycles. The van der Waals surface area contributed by atoms with Crippen LogP contribution >= 0.6 is 0 Å². The number of rotatable bonds is 4. The summed E-state index contributed by atoms with van der Waals surface area (Å²) in [5.74, 6) is -0.149. The third-order valence-electron chi connectivity index (χ3n) is 5.30. The maximum atomic E-state index is 12.9. The van der Waals surface area contributed by atoms with Crippen molar-refractivity contribution < 1.29 is 17.9 Å². The summed E-state index contributed by atoms with van der Waals surface area (Å²) in [4.78, 5) is 28.1. The summed E-state index contributed by atoms with van der Waals surface area (Å²) in [6.45, 7) is 6.17. The van der Waals surface area contributed by atoms with Gasteiger partial charge in [0.2, 0.25) is 10.0 Å². The first-order chi connectivity index (χ1) is 15.4. The molecular formula is C25H24N2O5S. The normalized spacial score (nSPS) is 14.8. The van der Waals surface area contributed by atoms with E-state index < -0.39 is 16.0 Å². The highest BCUT2D eigenvalue weighted by Crippen LogP contribution is 2.40. The molecule has 1 aliphatic heterocycles. The van der Waals surface area contributed by atoms with Crippen LogP contribution in [-0.2, 0) is 20.2 Å². The molecule has 0 radical (unpaired) electrons. The monoisotopic (exact) mass is 464 g/mol. The van der Waals surface area contributed by atoms with Gasteiger partial charge in [0, 0.05) is 28.6 Å². The Morgan fingerprint density at radius 2 is 1.64 bits per heavy atom. The van der Waals surface area contributed by atoms with Crippen LogP contribution in [0.5, 0.6) is 0 Å². The van der Waals surface area contributed by atoms with Crippen molar-refractivity contribution in [3.63, 3.8) is 0 Å². The highest BCUT2D eigenvalue weighted by atomic mass is 32.2. The van der Waals surface area contributed by atoms with Crippen LogP contribution in [0.2, 0.25) is 0 Å². The van der Waals surface area contributed by atoms with Gasteiger partial charge < -0.3 is 9.72 Å². The Balaban J connectivity index is 1.86. The quantitative estimate of drug-likeness (QED) is 0.558. The number of fused-ring (bicyclic) bond motifs is 1. The summed E-state index contributed by atoms with van der Waals surface area (Å²) in [5, 5.41) is 0. The van der Waals surface area contributed by atoms with Crippen molar-refractivity contribution in [3.8, 4) is 11.1 Å². The first kappa shape index (κ1) is 22.5. The molecule has 170 valence electrons. The predicted octanol–water partition coefficient (Wildman–Crippen LogP) is 4.38. The Morgan fingerprint density at radius 3 is 2.24 bits per heavy atom. The predicted molar refractivity (Wildman–Crippen MR) is 129 cm³/mol. The van der Waals surface area contributed by atoms with Crippen molar-refractivity contribution in [3.05, 3.63) is 87.3 Å². The topological polar surface area (TPSA) is 105 Å². The lowest BCUT2D eigenvalue weighted by atomic mass is 9.82. The second kappa shape index (κ2) is 8.04. The fourth-order valence-corrected chi connectivity index (χ4v) is 4.23. The summed E-state index contributed by atoms with van der Waals surface area (Å²) < 4.78 is 30.9. The minimum absolute atomic E-state index is 0.235.